The molecule has 2 atom stereocenters. The third-order valence-corrected chi connectivity index (χ3v) is 8.55. The van der Waals surface area contributed by atoms with Crippen molar-refractivity contribution in [3.05, 3.63) is 65.4 Å². The molecule has 10 heteroatoms. The summed E-state index contributed by atoms with van der Waals surface area (Å²) in [6.45, 7) is 1.63. The zero-order chi connectivity index (χ0) is 26.2. The van der Waals surface area contributed by atoms with Crippen LogP contribution in [0.5, 0.6) is 5.75 Å². The first-order valence-corrected chi connectivity index (χ1v) is 13.5. The van der Waals surface area contributed by atoms with E-state index < -0.39 is 5.97 Å². The van der Waals surface area contributed by atoms with Gasteiger partial charge in [0.1, 0.15) is 11.6 Å². The summed E-state index contributed by atoms with van der Waals surface area (Å²) in [4.78, 5) is 25.5. The minimum Gasteiger partial charge on any atom is -0.507 e. The number of para-hydroxylation sites is 1. The van der Waals surface area contributed by atoms with Gasteiger partial charge in [-0.15, -0.1) is 0 Å². The number of rotatable bonds is 6. The molecule has 0 amide bonds. The number of nitrogens with one attached hydrogen (secondary N) is 2. The van der Waals surface area contributed by atoms with E-state index in [1.807, 2.05) is 30.6 Å². The third-order valence-electron chi connectivity index (χ3n) is 8.55. The first-order valence-electron chi connectivity index (χ1n) is 13.5. The molecule has 2 bridgehead atoms. The lowest BCUT2D eigenvalue weighted by molar-refractivity contribution is -0.143. The molecule has 2 saturated heterocycles. The topological polar surface area (TPSA) is 140 Å². The highest BCUT2D eigenvalue weighted by atomic mass is 16.4. The molecule has 6 N–H and O–H groups in total. The maximum absolute atomic E-state index is 11.2. The second-order valence-corrected chi connectivity index (χ2v) is 11.0. The molecule has 2 unspecified atom stereocenters. The zero-order valence-electron chi connectivity index (χ0n) is 21.4. The number of hydrogen-bond acceptors (Lipinski definition) is 9. The van der Waals surface area contributed by atoms with Crippen molar-refractivity contribution in [3.63, 3.8) is 0 Å². The van der Waals surface area contributed by atoms with Crippen molar-refractivity contribution < 1.29 is 15.0 Å². The number of anilines is 1. The average Bonchev–Trinajstić information content (AvgIpc) is 3.19. The van der Waals surface area contributed by atoms with Gasteiger partial charge in [0.15, 0.2) is 0 Å². The van der Waals surface area contributed by atoms with Gasteiger partial charge in [-0.1, -0.05) is 12.1 Å². The molecule has 10 nitrogen and oxygen atoms in total. The lowest BCUT2D eigenvalue weighted by atomic mass is 9.79. The number of benzene rings is 1. The number of allylic oxidation sites excluding steroid dienone is 1. The van der Waals surface area contributed by atoms with Crippen LogP contribution in [0.1, 0.15) is 49.7 Å². The molecule has 1 aromatic carbocycles. The molecule has 1 saturated carbocycles. The maximum atomic E-state index is 11.2. The summed E-state index contributed by atoms with van der Waals surface area (Å²) in [6.07, 6.45) is 12.4. The average molecular weight is 518 g/mol. The van der Waals surface area contributed by atoms with Gasteiger partial charge in [0.05, 0.1) is 17.3 Å². The van der Waals surface area contributed by atoms with E-state index in [2.05, 4.69) is 20.7 Å². The van der Waals surface area contributed by atoms with E-state index in [-0.39, 0.29) is 11.7 Å². The van der Waals surface area contributed by atoms with Crippen molar-refractivity contribution in [2.45, 2.75) is 57.0 Å². The summed E-state index contributed by atoms with van der Waals surface area (Å²) in [5, 5.41) is 19.5. The number of nitrogens with two attached hydrogens (primary N) is 1. The highest BCUT2D eigenvalue weighted by Gasteiger charge is 2.42. The Hall–Kier alpha value is -3.95. The highest BCUT2D eigenvalue weighted by Crippen LogP contribution is 2.36. The van der Waals surface area contributed by atoms with Crippen molar-refractivity contribution >= 4 is 17.6 Å². The molecular weight excluding hydrogens is 482 g/mol. The first kappa shape index (κ1) is 24.4. The van der Waals surface area contributed by atoms with Gasteiger partial charge in [0, 0.05) is 43.1 Å². The van der Waals surface area contributed by atoms with Crippen molar-refractivity contribution in [2.24, 2.45) is 17.6 Å². The number of aliphatic carboxylic acids is 1. The molecule has 4 aliphatic rings. The summed E-state index contributed by atoms with van der Waals surface area (Å²) < 4.78 is 0. The van der Waals surface area contributed by atoms with E-state index in [0.29, 0.717) is 23.8 Å². The van der Waals surface area contributed by atoms with Crippen molar-refractivity contribution in [1.29, 1.82) is 0 Å². The number of carboxylic acids is 1. The minimum atomic E-state index is -0.659. The number of aromatic hydroxyl groups is 1. The molecular formula is C28H35N7O3. The summed E-state index contributed by atoms with van der Waals surface area (Å²) >= 11 is 0. The van der Waals surface area contributed by atoms with Gasteiger partial charge >= 0.3 is 5.97 Å². The predicted octanol–water partition coefficient (Wildman–Crippen LogP) is 2.55. The van der Waals surface area contributed by atoms with Crippen LogP contribution >= 0.6 is 0 Å². The second kappa shape index (κ2) is 10.1. The quantitative estimate of drug-likeness (QED) is 0.388. The van der Waals surface area contributed by atoms with Crippen LogP contribution in [-0.2, 0) is 11.2 Å². The number of carboxylic acid groups (broad SMARTS) is 1. The number of fused-ring (bicyclic) bond motifs is 2. The number of carbonyl (C=O) groups is 1. The third kappa shape index (κ3) is 4.70. The Balaban J connectivity index is 1.12. The molecule has 1 aliphatic carbocycles. The Morgan fingerprint density at radius 3 is 2.34 bits per heavy atom. The Kier molecular flexibility index (Phi) is 6.47. The molecule has 0 radical (unpaired) electrons. The van der Waals surface area contributed by atoms with Gasteiger partial charge < -0.3 is 25.7 Å². The lowest BCUT2D eigenvalue weighted by Gasteiger charge is -2.43. The Morgan fingerprint density at radius 1 is 1.00 bits per heavy atom. The van der Waals surface area contributed by atoms with Gasteiger partial charge in [-0.05, 0) is 74.6 Å². The fourth-order valence-corrected chi connectivity index (χ4v) is 6.52. The Bertz CT molecular complexity index is 1240. The van der Waals surface area contributed by atoms with Crippen molar-refractivity contribution in [2.75, 3.05) is 18.0 Å². The number of nitrogens with zero attached hydrogens (tertiary/aromatic N) is 4. The molecule has 1 aromatic heterocycles. The summed E-state index contributed by atoms with van der Waals surface area (Å²) in [7, 11) is 0. The van der Waals surface area contributed by atoms with Crippen molar-refractivity contribution in [1.82, 2.24) is 25.7 Å². The fraction of sp³-hybridized carbons (Fsp3) is 0.464. The minimum absolute atomic E-state index is 0.182. The first-order chi connectivity index (χ1) is 18.5. The number of likely N-dealkylation sites (tertiary alicyclic amines) is 1. The van der Waals surface area contributed by atoms with Crippen LogP contribution in [0.25, 0.3) is 5.70 Å². The largest absolute Gasteiger partial charge is 0.507 e. The van der Waals surface area contributed by atoms with Gasteiger partial charge in [-0.2, -0.15) is 0 Å². The number of aromatic nitrogens is 2. The van der Waals surface area contributed by atoms with E-state index in [0.717, 1.165) is 86.5 Å². The second-order valence-electron chi connectivity index (χ2n) is 11.0. The van der Waals surface area contributed by atoms with Crippen LogP contribution in [0, 0.1) is 11.8 Å². The normalized spacial score (nSPS) is 27.0. The Morgan fingerprint density at radius 2 is 1.68 bits per heavy atom. The highest BCUT2D eigenvalue weighted by molar-refractivity contribution is 5.72. The van der Waals surface area contributed by atoms with Gasteiger partial charge in [0.25, 0.3) is 0 Å². The zero-order valence-corrected chi connectivity index (χ0v) is 21.4. The molecule has 200 valence electrons. The predicted molar refractivity (Wildman–Crippen MR) is 143 cm³/mol. The van der Waals surface area contributed by atoms with Gasteiger partial charge in [-0.3, -0.25) is 15.6 Å². The lowest BCUT2D eigenvalue weighted by Crippen LogP contribution is -2.55. The number of hydrogen-bond donors (Lipinski definition) is 5. The number of phenolic OH excluding ortho intramolecular Hbond substituents is 1. The standard InChI is InChI=1S/C28H35N7O3/c29-26-24(12-23(32-33-26)22-3-1-2-4-25(22)36)34-15-20-9-10-21(16-34)35(20)28-30-13-18(14-31-28)11-17-5-7-19(8-6-17)27(37)38/h1-4,12-14,17,19-21,32-33,36H,5-11,15-16,29H2,(H,37,38)/t17-,19-,20?,21?. The van der Waals surface area contributed by atoms with E-state index >= 15 is 0 Å². The molecule has 2 aromatic rings. The van der Waals surface area contributed by atoms with Crippen LogP contribution in [0.15, 0.2) is 54.3 Å². The van der Waals surface area contributed by atoms with Gasteiger partial charge in [0.2, 0.25) is 5.95 Å². The van der Waals surface area contributed by atoms with E-state index in [1.165, 1.54) is 0 Å². The molecule has 38 heavy (non-hydrogen) atoms. The molecule has 0 spiro atoms. The molecule has 3 aliphatic heterocycles. The van der Waals surface area contributed by atoms with Crippen molar-refractivity contribution in [3.8, 4) is 5.75 Å². The number of hydrazine groups is 1. The van der Waals surface area contributed by atoms with Crippen LogP contribution in [-0.4, -0.2) is 56.2 Å². The summed E-state index contributed by atoms with van der Waals surface area (Å²) in [5.41, 5.74) is 16.1. The Labute approximate surface area is 222 Å². The number of piperazine rings is 1. The SMILES string of the molecule is NC1=C(N2CC3CCC(C2)N3c2ncc(C[C@H]3CC[C@H](C(=O)O)CC3)cn2)C=C(c2ccccc2O)NN1. The smallest absolute Gasteiger partial charge is 0.306 e. The van der Waals surface area contributed by atoms with Crippen LogP contribution in [0.4, 0.5) is 5.95 Å². The van der Waals surface area contributed by atoms with E-state index in [1.54, 1.807) is 12.1 Å². The monoisotopic (exact) mass is 517 g/mol. The molecule has 6 rings (SSSR count). The summed E-state index contributed by atoms with van der Waals surface area (Å²) in [6, 6.07) is 7.84. The maximum Gasteiger partial charge on any atom is 0.306 e. The van der Waals surface area contributed by atoms with Crippen LogP contribution in [0.2, 0.25) is 0 Å². The summed E-state index contributed by atoms with van der Waals surface area (Å²) in [5.74, 6) is 1.23. The fourth-order valence-electron chi connectivity index (χ4n) is 6.52. The van der Waals surface area contributed by atoms with E-state index in [4.69, 9.17) is 15.7 Å². The van der Waals surface area contributed by atoms with E-state index in [9.17, 15) is 15.0 Å². The number of phenols is 1. The van der Waals surface area contributed by atoms with Crippen LogP contribution < -0.4 is 21.5 Å². The van der Waals surface area contributed by atoms with Crippen LogP contribution in [0.3, 0.4) is 0 Å². The molecule has 4 heterocycles. The molecule has 3 fully saturated rings. The van der Waals surface area contributed by atoms with Gasteiger partial charge in [-0.25, -0.2) is 9.97 Å².